The van der Waals surface area contributed by atoms with Crippen LogP contribution in [0, 0.1) is 6.92 Å². The third-order valence-electron chi connectivity index (χ3n) is 5.88. The van der Waals surface area contributed by atoms with Gasteiger partial charge in [-0.1, -0.05) is 24.3 Å². The Balaban J connectivity index is 1.22. The number of aromatic nitrogens is 1. The van der Waals surface area contributed by atoms with Crippen molar-refractivity contribution >= 4 is 44.8 Å². The van der Waals surface area contributed by atoms with Crippen molar-refractivity contribution in [1.29, 1.82) is 0 Å². The highest BCUT2D eigenvalue weighted by Gasteiger charge is 2.30. The quantitative estimate of drug-likeness (QED) is 0.615. The normalized spacial score (nSPS) is 17.7. The van der Waals surface area contributed by atoms with E-state index in [0.717, 1.165) is 35.7 Å². The van der Waals surface area contributed by atoms with E-state index < -0.39 is 0 Å². The average Bonchev–Trinajstić information content (AvgIpc) is 3.22. The Hall–Kier alpha value is -3.10. The molecule has 2 aromatic carbocycles. The fraction of sp³-hybridized carbons (Fsp3) is 0.333. The molecule has 0 spiro atoms. The van der Waals surface area contributed by atoms with Gasteiger partial charge < -0.3 is 4.90 Å². The highest BCUT2D eigenvalue weighted by Crippen LogP contribution is 2.24. The van der Waals surface area contributed by atoms with Crippen molar-refractivity contribution in [3.05, 3.63) is 59.1 Å². The van der Waals surface area contributed by atoms with Crippen molar-refractivity contribution in [3.63, 3.8) is 0 Å². The Morgan fingerprint density at radius 2 is 1.84 bits per heavy atom. The smallest absolute Gasteiger partial charge is 0.270 e. The zero-order valence-corrected chi connectivity index (χ0v) is 18.8. The van der Waals surface area contributed by atoms with Crippen molar-refractivity contribution in [2.45, 2.75) is 26.3 Å². The summed E-state index contributed by atoms with van der Waals surface area (Å²) in [6.07, 6.45) is 0.696. The second-order valence-corrected chi connectivity index (χ2v) is 9.35. The van der Waals surface area contributed by atoms with Gasteiger partial charge in [0.05, 0.1) is 22.4 Å². The molecule has 0 saturated carbocycles. The van der Waals surface area contributed by atoms with Crippen LogP contribution in [0.5, 0.6) is 0 Å². The average molecular weight is 448 g/mol. The molecule has 32 heavy (non-hydrogen) atoms. The number of anilines is 1. The number of nitrogens with zero attached hydrogens (tertiary/aromatic N) is 5. The molecular formula is C24H25N5O2S. The highest BCUT2D eigenvalue weighted by atomic mass is 32.1. The van der Waals surface area contributed by atoms with E-state index in [0.29, 0.717) is 37.3 Å². The second kappa shape index (κ2) is 8.80. The number of amides is 2. The molecule has 1 fully saturated rings. The lowest BCUT2D eigenvalue weighted by molar-refractivity contribution is -0.126. The predicted octanol–water partition coefficient (Wildman–Crippen LogP) is 3.43. The maximum Gasteiger partial charge on any atom is 0.270 e. The summed E-state index contributed by atoms with van der Waals surface area (Å²) in [6, 6.07) is 15.8. The molecule has 8 heteroatoms. The van der Waals surface area contributed by atoms with Gasteiger partial charge in [0.1, 0.15) is 10.7 Å². The predicted molar refractivity (Wildman–Crippen MR) is 127 cm³/mol. The minimum absolute atomic E-state index is 0.0604. The van der Waals surface area contributed by atoms with E-state index in [1.165, 1.54) is 9.71 Å². The molecule has 2 amide bonds. The summed E-state index contributed by atoms with van der Waals surface area (Å²) in [4.78, 5) is 34.5. The van der Waals surface area contributed by atoms with Crippen molar-refractivity contribution in [3.8, 4) is 0 Å². The number of aryl methyl sites for hydroxylation is 1. The lowest BCUT2D eigenvalue weighted by atomic mass is 10.1. The fourth-order valence-corrected chi connectivity index (χ4v) is 5.15. The number of fused-ring (bicyclic) bond motifs is 1. The summed E-state index contributed by atoms with van der Waals surface area (Å²) in [5.41, 5.74) is 3.27. The third kappa shape index (κ3) is 4.28. The van der Waals surface area contributed by atoms with Gasteiger partial charge in [-0.25, -0.2) is 9.99 Å². The monoisotopic (exact) mass is 447 g/mol. The molecule has 1 aromatic heterocycles. The van der Waals surface area contributed by atoms with E-state index in [9.17, 15) is 9.59 Å². The fourth-order valence-electron chi connectivity index (χ4n) is 4.14. The molecule has 3 aromatic rings. The number of hydrazone groups is 1. The van der Waals surface area contributed by atoms with Gasteiger partial charge in [-0.3, -0.25) is 14.5 Å². The van der Waals surface area contributed by atoms with Crippen LogP contribution >= 0.6 is 11.3 Å². The molecule has 0 unspecified atom stereocenters. The Bertz CT molecular complexity index is 1160. The number of piperazine rings is 1. The van der Waals surface area contributed by atoms with Crippen LogP contribution in [0.3, 0.4) is 0 Å². The molecule has 2 aliphatic rings. The molecule has 164 valence electrons. The third-order valence-corrected chi connectivity index (χ3v) is 6.90. The minimum Gasteiger partial charge on any atom is -0.335 e. The van der Waals surface area contributed by atoms with E-state index >= 15 is 0 Å². The van der Waals surface area contributed by atoms with Crippen LogP contribution in [0.1, 0.15) is 23.4 Å². The van der Waals surface area contributed by atoms with E-state index in [1.807, 2.05) is 54.3 Å². The van der Waals surface area contributed by atoms with Gasteiger partial charge in [0.25, 0.3) is 5.91 Å². The lowest BCUT2D eigenvalue weighted by Crippen LogP contribution is -2.51. The van der Waals surface area contributed by atoms with Crippen LogP contribution in [0.15, 0.2) is 53.6 Å². The standard InChI is InChI=1S/C24H25N5O2S/c1-17-5-4-6-18(15-17)29-23(30)10-9-20(26-29)24(31)28-13-11-27(12-14-28)16-22-25-19-7-2-3-8-21(19)32-22/h2-8,15H,9-14,16H2,1H3. The van der Waals surface area contributed by atoms with Crippen molar-refractivity contribution in [1.82, 2.24) is 14.8 Å². The first-order valence-corrected chi connectivity index (χ1v) is 11.7. The van der Waals surface area contributed by atoms with Crippen molar-refractivity contribution in [2.75, 3.05) is 31.2 Å². The molecule has 7 nitrogen and oxygen atoms in total. The topological polar surface area (TPSA) is 69.1 Å². The van der Waals surface area contributed by atoms with Crippen LogP contribution in [-0.2, 0) is 16.1 Å². The highest BCUT2D eigenvalue weighted by molar-refractivity contribution is 7.18. The maximum absolute atomic E-state index is 13.1. The molecule has 2 aliphatic heterocycles. The molecule has 3 heterocycles. The summed E-state index contributed by atoms with van der Waals surface area (Å²) < 4.78 is 1.21. The Morgan fingerprint density at radius 1 is 1.03 bits per heavy atom. The van der Waals surface area contributed by atoms with Gasteiger partial charge in [0.15, 0.2) is 0 Å². The maximum atomic E-state index is 13.1. The summed E-state index contributed by atoms with van der Waals surface area (Å²) in [6.45, 7) is 5.69. The van der Waals surface area contributed by atoms with E-state index in [2.05, 4.69) is 16.1 Å². The van der Waals surface area contributed by atoms with E-state index in [-0.39, 0.29) is 11.8 Å². The molecule has 0 aliphatic carbocycles. The van der Waals surface area contributed by atoms with Gasteiger partial charge in [-0.15, -0.1) is 11.3 Å². The summed E-state index contributed by atoms with van der Waals surface area (Å²) >= 11 is 1.73. The first-order chi connectivity index (χ1) is 15.6. The largest absolute Gasteiger partial charge is 0.335 e. The van der Waals surface area contributed by atoms with Crippen LogP contribution in [0.25, 0.3) is 10.2 Å². The van der Waals surface area contributed by atoms with Crippen LogP contribution in [-0.4, -0.2) is 58.5 Å². The number of carbonyl (C=O) groups is 2. The van der Waals surface area contributed by atoms with Gasteiger partial charge >= 0.3 is 0 Å². The molecule has 0 N–H and O–H groups in total. The Labute approximate surface area is 191 Å². The molecule has 1 saturated heterocycles. The second-order valence-electron chi connectivity index (χ2n) is 8.23. The summed E-state index contributed by atoms with van der Waals surface area (Å²) in [5, 5.41) is 6.94. The number of hydrogen-bond acceptors (Lipinski definition) is 6. The number of benzene rings is 2. The molecule has 0 bridgehead atoms. The molecular weight excluding hydrogens is 422 g/mol. The van der Waals surface area contributed by atoms with Crippen molar-refractivity contribution in [2.24, 2.45) is 5.10 Å². The van der Waals surface area contributed by atoms with E-state index in [1.54, 1.807) is 11.3 Å². The number of para-hydroxylation sites is 1. The number of carbonyl (C=O) groups excluding carboxylic acids is 2. The Morgan fingerprint density at radius 3 is 2.62 bits per heavy atom. The van der Waals surface area contributed by atoms with Gasteiger partial charge in [0.2, 0.25) is 5.91 Å². The summed E-state index contributed by atoms with van der Waals surface area (Å²) in [7, 11) is 0. The van der Waals surface area contributed by atoms with Crippen LogP contribution < -0.4 is 5.01 Å². The molecule has 0 atom stereocenters. The van der Waals surface area contributed by atoms with Gasteiger partial charge in [-0.05, 0) is 36.8 Å². The number of rotatable bonds is 4. The first-order valence-electron chi connectivity index (χ1n) is 10.9. The van der Waals surface area contributed by atoms with Gasteiger partial charge in [-0.2, -0.15) is 5.10 Å². The van der Waals surface area contributed by atoms with Crippen LogP contribution in [0.4, 0.5) is 5.69 Å². The number of hydrogen-bond donors (Lipinski definition) is 0. The molecule has 0 radical (unpaired) electrons. The van der Waals surface area contributed by atoms with E-state index in [4.69, 9.17) is 4.98 Å². The number of thiazole rings is 1. The zero-order valence-electron chi connectivity index (χ0n) is 18.0. The van der Waals surface area contributed by atoms with Crippen LogP contribution in [0.2, 0.25) is 0 Å². The SMILES string of the molecule is Cc1cccc(N2N=C(C(=O)N3CCN(Cc4nc5ccccc5s4)CC3)CCC2=O)c1. The zero-order chi connectivity index (χ0) is 22.1. The summed E-state index contributed by atoms with van der Waals surface area (Å²) in [5.74, 6) is -0.136. The first kappa shape index (κ1) is 20.8. The lowest BCUT2D eigenvalue weighted by Gasteiger charge is -2.35. The Kier molecular flexibility index (Phi) is 5.71. The molecule has 5 rings (SSSR count). The minimum atomic E-state index is -0.0761. The van der Waals surface area contributed by atoms with Crippen molar-refractivity contribution < 1.29 is 9.59 Å². The van der Waals surface area contributed by atoms with Gasteiger partial charge in [0, 0.05) is 39.0 Å².